The molecule has 1 N–H and O–H groups in total. The summed E-state index contributed by atoms with van der Waals surface area (Å²) in [5, 5.41) is 8.61. The number of aliphatic hydroxyl groups is 1. The van der Waals surface area contributed by atoms with Crippen molar-refractivity contribution < 1.29 is 14.3 Å². The Hall–Kier alpha value is -1.09. The van der Waals surface area contributed by atoms with Crippen molar-refractivity contribution in [2.45, 2.75) is 19.4 Å². The first kappa shape index (κ1) is 8.01. The summed E-state index contributed by atoms with van der Waals surface area (Å²) in [5.74, 6) is 1.30. The van der Waals surface area contributed by atoms with Crippen molar-refractivity contribution in [3.63, 3.8) is 0 Å². The van der Waals surface area contributed by atoms with E-state index in [1.165, 1.54) is 0 Å². The van der Waals surface area contributed by atoms with Gasteiger partial charge in [-0.15, -0.1) is 0 Å². The van der Waals surface area contributed by atoms with E-state index < -0.39 is 0 Å². The van der Waals surface area contributed by atoms with Crippen molar-refractivity contribution in [1.29, 1.82) is 0 Å². The second-order valence-corrected chi connectivity index (χ2v) is 2.23. The molecule has 3 nitrogen and oxygen atoms in total. The quantitative estimate of drug-likeness (QED) is 0.655. The molecule has 60 valence electrons. The Morgan fingerprint density at radius 3 is 2.73 bits per heavy atom. The van der Waals surface area contributed by atoms with Gasteiger partial charge in [-0.3, -0.25) is 0 Å². The van der Waals surface area contributed by atoms with Crippen LogP contribution in [0.15, 0.2) is 16.5 Å². The number of hydrogen-bond acceptors (Lipinski definition) is 3. The second kappa shape index (κ2) is 3.93. The summed E-state index contributed by atoms with van der Waals surface area (Å²) in [7, 11) is 0. The number of carbonyl (C=O) groups excluding carboxylic acids is 1. The van der Waals surface area contributed by atoms with Crippen LogP contribution in [-0.4, -0.2) is 11.4 Å². The summed E-state index contributed by atoms with van der Waals surface area (Å²) in [5.41, 5.74) is 0. The van der Waals surface area contributed by atoms with E-state index in [0.717, 1.165) is 12.0 Å². The lowest BCUT2D eigenvalue weighted by molar-refractivity contribution is -0.107. The minimum atomic E-state index is -0.0823. The van der Waals surface area contributed by atoms with Gasteiger partial charge in [0.25, 0.3) is 0 Å². The molecule has 11 heavy (non-hydrogen) atoms. The third-order valence-electron chi connectivity index (χ3n) is 1.38. The Balaban J connectivity index is 2.50. The van der Waals surface area contributed by atoms with Crippen LogP contribution >= 0.6 is 0 Å². The topological polar surface area (TPSA) is 50.4 Å². The summed E-state index contributed by atoms with van der Waals surface area (Å²) >= 11 is 0. The molecule has 3 heteroatoms. The van der Waals surface area contributed by atoms with Crippen LogP contribution in [-0.2, 0) is 17.8 Å². The molecule has 1 heterocycles. The molecule has 0 amide bonds. The van der Waals surface area contributed by atoms with E-state index in [1.807, 2.05) is 0 Å². The molecule has 1 aromatic rings. The summed E-state index contributed by atoms with van der Waals surface area (Å²) in [6.07, 6.45) is 1.93. The minimum Gasteiger partial charge on any atom is -0.464 e. The number of rotatable bonds is 4. The van der Waals surface area contributed by atoms with Crippen molar-refractivity contribution in [2.24, 2.45) is 0 Å². The minimum absolute atomic E-state index is 0.0823. The molecular weight excluding hydrogens is 144 g/mol. The van der Waals surface area contributed by atoms with Crippen LogP contribution in [0.1, 0.15) is 17.9 Å². The SMILES string of the molecule is O=CCCc1ccc(CO)o1. The molecule has 0 saturated carbocycles. The molecule has 0 spiro atoms. The zero-order chi connectivity index (χ0) is 8.10. The number of hydrogen-bond donors (Lipinski definition) is 1. The average molecular weight is 154 g/mol. The lowest BCUT2D eigenvalue weighted by atomic mass is 10.3. The molecule has 0 saturated heterocycles. The highest BCUT2D eigenvalue weighted by molar-refractivity contribution is 5.49. The second-order valence-electron chi connectivity index (χ2n) is 2.23. The van der Waals surface area contributed by atoms with Gasteiger partial charge in [-0.25, -0.2) is 0 Å². The molecule has 0 radical (unpaired) electrons. The molecule has 0 aliphatic carbocycles. The predicted molar refractivity (Wildman–Crippen MR) is 39.0 cm³/mol. The van der Waals surface area contributed by atoms with Crippen LogP contribution in [0, 0.1) is 0 Å². The molecule has 0 atom stereocenters. The maximum atomic E-state index is 9.96. The normalized spacial score (nSPS) is 9.91. The first-order valence-electron chi connectivity index (χ1n) is 3.49. The molecule has 0 aromatic carbocycles. The number of aldehydes is 1. The molecular formula is C8H10O3. The van der Waals surface area contributed by atoms with Crippen molar-refractivity contribution in [1.82, 2.24) is 0 Å². The summed E-state index contributed by atoms with van der Waals surface area (Å²) in [4.78, 5) is 9.96. The van der Waals surface area contributed by atoms with Crippen LogP contribution in [0.2, 0.25) is 0 Å². The Bertz CT molecular complexity index is 227. The summed E-state index contributed by atoms with van der Waals surface area (Å²) in [6, 6.07) is 3.48. The van der Waals surface area contributed by atoms with Gasteiger partial charge in [-0.1, -0.05) is 0 Å². The van der Waals surface area contributed by atoms with E-state index in [-0.39, 0.29) is 6.61 Å². The third-order valence-corrected chi connectivity index (χ3v) is 1.38. The number of furan rings is 1. The fraction of sp³-hybridized carbons (Fsp3) is 0.375. The lowest BCUT2D eigenvalue weighted by Crippen LogP contribution is -1.82. The standard InChI is InChI=1S/C8H10O3/c9-5-1-2-7-3-4-8(6-10)11-7/h3-5,10H,1-2,6H2. The molecule has 1 rings (SSSR count). The van der Waals surface area contributed by atoms with Gasteiger partial charge in [0, 0.05) is 12.8 Å². The van der Waals surface area contributed by atoms with Crippen molar-refractivity contribution in [3.05, 3.63) is 23.7 Å². The van der Waals surface area contributed by atoms with Gasteiger partial charge in [0.2, 0.25) is 0 Å². The molecule has 0 fully saturated rings. The Kier molecular flexibility index (Phi) is 2.86. The van der Waals surface area contributed by atoms with E-state index in [9.17, 15) is 4.79 Å². The zero-order valence-electron chi connectivity index (χ0n) is 6.12. The van der Waals surface area contributed by atoms with Gasteiger partial charge < -0.3 is 14.3 Å². The van der Waals surface area contributed by atoms with Crippen molar-refractivity contribution in [2.75, 3.05) is 0 Å². The van der Waals surface area contributed by atoms with Gasteiger partial charge in [0.1, 0.15) is 24.4 Å². The van der Waals surface area contributed by atoms with Crippen molar-refractivity contribution in [3.8, 4) is 0 Å². The molecule has 0 aliphatic heterocycles. The van der Waals surface area contributed by atoms with Gasteiger partial charge in [-0.05, 0) is 12.1 Å². The first-order valence-corrected chi connectivity index (χ1v) is 3.49. The number of aliphatic hydroxyl groups excluding tert-OH is 1. The maximum absolute atomic E-state index is 9.96. The fourth-order valence-electron chi connectivity index (χ4n) is 0.843. The van der Waals surface area contributed by atoms with Gasteiger partial charge in [0.15, 0.2) is 0 Å². The predicted octanol–water partition coefficient (Wildman–Crippen LogP) is 0.903. The highest BCUT2D eigenvalue weighted by Gasteiger charge is 1.99. The molecule has 1 aromatic heterocycles. The zero-order valence-corrected chi connectivity index (χ0v) is 6.12. The molecule has 0 bridgehead atoms. The first-order chi connectivity index (χ1) is 5.36. The smallest absolute Gasteiger partial charge is 0.129 e. The average Bonchev–Trinajstić information content (AvgIpc) is 2.48. The van der Waals surface area contributed by atoms with Gasteiger partial charge >= 0.3 is 0 Å². The Labute approximate surface area is 64.6 Å². The summed E-state index contributed by atoms with van der Waals surface area (Å²) < 4.78 is 5.13. The molecule has 0 unspecified atom stereocenters. The van der Waals surface area contributed by atoms with Crippen LogP contribution in [0.5, 0.6) is 0 Å². The van der Waals surface area contributed by atoms with Gasteiger partial charge in [-0.2, -0.15) is 0 Å². The van der Waals surface area contributed by atoms with Crippen LogP contribution in [0.3, 0.4) is 0 Å². The van der Waals surface area contributed by atoms with Crippen LogP contribution < -0.4 is 0 Å². The summed E-state index contributed by atoms with van der Waals surface area (Å²) in [6.45, 7) is -0.0823. The fourth-order valence-corrected chi connectivity index (χ4v) is 0.843. The Morgan fingerprint density at radius 1 is 1.45 bits per heavy atom. The largest absolute Gasteiger partial charge is 0.464 e. The number of aryl methyl sites for hydroxylation is 1. The number of carbonyl (C=O) groups is 1. The van der Waals surface area contributed by atoms with E-state index in [4.69, 9.17) is 9.52 Å². The highest BCUT2D eigenvalue weighted by atomic mass is 16.4. The van der Waals surface area contributed by atoms with Crippen LogP contribution in [0.4, 0.5) is 0 Å². The maximum Gasteiger partial charge on any atom is 0.129 e. The highest BCUT2D eigenvalue weighted by Crippen LogP contribution is 2.08. The monoisotopic (exact) mass is 154 g/mol. The van der Waals surface area contributed by atoms with Crippen molar-refractivity contribution >= 4 is 6.29 Å². The van der Waals surface area contributed by atoms with E-state index >= 15 is 0 Å². The van der Waals surface area contributed by atoms with Gasteiger partial charge in [0.05, 0.1) is 0 Å². The molecule has 0 aliphatic rings. The third kappa shape index (κ3) is 2.20. The Morgan fingerprint density at radius 2 is 2.18 bits per heavy atom. The van der Waals surface area contributed by atoms with E-state index in [0.29, 0.717) is 18.6 Å². The van der Waals surface area contributed by atoms with E-state index in [2.05, 4.69) is 0 Å². The van der Waals surface area contributed by atoms with E-state index in [1.54, 1.807) is 12.1 Å². The lowest BCUT2D eigenvalue weighted by Gasteiger charge is -1.89. The van der Waals surface area contributed by atoms with Crippen LogP contribution in [0.25, 0.3) is 0 Å².